The molecule has 0 amide bonds. The van der Waals surface area contributed by atoms with Gasteiger partial charge in [0.05, 0.1) is 0 Å². The average Bonchev–Trinajstić information content (AvgIpc) is 3.63. The molecule has 4 aliphatic carbocycles. The van der Waals surface area contributed by atoms with Gasteiger partial charge in [0.2, 0.25) is 0 Å². The Labute approximate surface area is 308 Å². The summed E-state index contributed by atoms with van der Waals surface area (Å²) >= 11 is -0.556. The Balaban J connectivity index is 0.000000592. The van der Waals surface area contributed by atoms with Crippen LogP contribution >= 0.6 is 25.7 Å². The van der Waals surface area contributed by atoms with Crippen molar-refractivity contribution in [2.24, 2.45) is 0 Å². The van der Waals surface area contributed by atoms with Gasteiger partial charge >= 0.3 is 35.6 Å². The molecule has 0 bridgehead atoms. The number of fused-ring (bicyclic) bond motifs is 5. The van der Waals surface area contributed by atoms with Gasteiger partial charge in [-0.2, -0.15) is 0 Å². The fourth-order valence-electron chi connectivity index (χ4n) is 9.52. The van der Waals surface area contributed by atoms with Crippen molar-refractivity contribution in [3.8, 4) is 11.1 Å². The molecule has 0 unspecified atom stereocenters. The molecule has 1 saturated carbocycles. The Morgan fingerprint density at radius 2 is 0.766 bits per heavy atom. The summed E-state index contributed by atoms with van der Waals surface area (Å²) in [5.74, 6) is 0. The van der Waals surface area contributed by atoms with Crippen LogP contribution in [0.1, 0.15) is 181 Å². The molecule has 0 N–H and O–H groups in total. The molecule has 47 heavy (non-hydrogen) atoms. The van der Waals surface area contributed by atoms with Gasteiger partial charge in [-0.1, -0.05) is 127 Å². The predicted molar refractivity (Wildman–Crippen MR) is 211 cm³/mol. The topological polar surface area (TPSA) is 22.3 Å². The standard InChI is InChI=1S/C36H53NP.C5H10.CH3.2ClH.Ti/c1-22(2)38(37,23(3)4)36(13)26-20-30-28(32(5,6)14-16-34(30,9)10)18-24(26)25-19-29-31(21-27(25)36)35(11,12)17-15-33(29,7)8;1-2-4-5-3-1;;;;/h18-23H,14-17H2,1-13H3;1-5H2;1H3;2*1H;/q-1;;-1;;;+2/p-2. The van der Waals surface area contributed by atoms with E-state index in [1.165, 1.54) is 102 Å². The maximum absolute atomic E-state index is 13.0. The average molecular weight is 735 g/mol. The van der Waals surface area contributed by atoms with E-state index in [2.05, 4.69) is 114 Å². The summed E-state index contributed by atoms with van der Waals surface area (Å²) in [6.07, 6.45) is 12.4. The molecule has 6 rings (SSSR count). The third-order valence-corrected chi connectivity index (χ3v) is 17.9. The van der Waals surface area contributed by atoms with Crippen LogP contribution in [-0.2, 0) is 43.8 Å². The van der Waals surface area contributed by atoms with E-state index in [9.17, 15) is 5.16 Å². The van der Waals surface area contributed by atoms with Gasteiger partial charge in [-0.25, -0.2) is 7.05 Å². The number of rotatable bonds is 3. The van der Waals surface area contributed by atoms with Crippen molar-refractivity contribution in [2.45, 2.75) is 186 Å². The first kappa shape index (κ1) is 41.4. The molecular weight excluding hydrogens is 668 g/mol. The molecule has 2 aromatic carbocycles. The second kappa shape index (κ2) is 14.5. The van der Waals surface area contributed by atoms with Crippen LogP contribution in [0, 0.1) is 7.43 Å². The first-order valence-electron chi connectivity index (χ1n) is 18.1. The second-order valence-corrected chi connectivity index (χ2v) is 25.3. The fourth-order valence-corrected chi connectivity index (χ4v) is 13.9. The molecule has 0 radical (unpaired) electrons. The number of hydrogen-bond acceptors (Lipinski definition) is 0. The van der Waals surface area contributed by atoms with Crippen molar-refractivity contribution in [3.63, 3.8) is 0 Å². The van der Waals surface area contributed by atoms with Crippen LogP contribution in [0.2, 0.25) is 0 Å². The summed E-state index contributed by atoms with van der Waals surface area (Å²) in [7, 11) is 7.32. The Hall–Kier alpha value is -0.0357. The Bertz CT molecular complexity index is 1370. The van der Waals surface area contributed by atoms with Gasteiger partial charge in [0, 0.05) is 5.16 Å². The van der Waals surface area contributed by atoms with Crippen molar-refractivity contribution in [3.05, 3.63) is 70.2 Å². The Morgan fingerprint density at radius 1 is 0.532 bits per heavy atom. The zero-order chi connectivity index (χ0) is 34.7. The zero-order valence-corrected chi connectivity index (χ0v) is 36.4. The molecule has 264 valence electrons. The quantitative estimate of drug-likeness (QED) is 0.170. The third kappa shape index (κ3) is 7.09. The number of halogens is 2. The number of nitrogens with zero attached hydrogens (tertiary/aromatic N) is 1. The normalized spacial score (nSPS) is 21.9. The van der Waals surface area contributed by atoms with E-state index in [0.717, 1.165) is 0 Å². The van der Waals surface area contributed by atoms with Gasteiger partial charge in [0.25, 0.3) is 0 Å². The molecule has 1 fully saturated rings. The van der Waals surface area contributed by atoms with Gasteiger partial charge in [-0.05, 0) is 122 Å². The zero-order valence-electron chi connectivity index (χ0n) is 32.5. The van der Waals surface area contributed by atoms with Crippen molar-refractivity contribution in [1.29, 1.82) is 0 Å². The predicted octanol–water partition coefficient (Wildman–Crippen LogP) is 15.0. The van der Waals surface area contributed by atoms with Crippen LogP contribution < -0.4 is 0 Å². The van der Waals surface area contributed by atoms with Crippen LogP contribution in [-0.4, -0.2) is 11.3 Å². The molecule has 1 nitrogen and oxygen atoms in total. The minimum atomic E-state index is -2.46. The SMILES string of the molecule is C1CCCC1.CC(C)P(=[N-])(C(C)C)C1(C)c2cc3c(cc2-c2cc4c(cc21)C(C)(C)CCC4(C)C)C(C)(C)CCC3(C)C.[CH3-].[Cl][Ti][Cl]. The van der Waals surface area contributed by atoms with Gasteiger partial charge in [-0.3, -0.25) is 0 Å². The van der Waals surface area contributed by atoms with Gasteiger partial charge in [-0.15, -0.1) is 0 Å². The van der Waals surface area contributed by atoms with Crippen molar-refractivity contribution < 1.29 is 17.0 Å². The second-order valence-electron chi connectivity index (χ2n) is 18.3. The summed E-state index contributed by atoms with van der Waals surface area (Å²) in [6, 6.07) is 10.3. The summed E-state index contributed by atoms with van der Waals surface area (Å²) in [5, 5.41) is 12.6. The van der Waals surface area contributed by atoms with Crippen LogP contribution in [0.4, 0.5) is 0 Å². The first-order valence-corrected chi connectivity index (χ1v) is 24.3. The van der Waals surface area contributed by atoms with Crippen LogP contribution in [0.5, 0.6) is 0 Å². The molecule has 0 heterocycles. The van der Waals surface area contributed by atoms with Crippen LogP contribution in [0.3, 0.4) is 0 Å². The number of benzene rings is 2. The first-order chi connectivity index (χ1) is 21.1. The maximum atomic E-state index is 13.0. The Kier molecular flexibility index (Phi) is 12.8. The molecule has 5 heteroatoms. The minimum absolute atomic E-state index is 0. The van der Waals surface area contributed by atoms with E-state index in [-0.39, 0.29) is 45.6 Å². The monoisotopic (exact) mass is 733 g/mol. The summed E-state index contributed by atoms with van der Waals surface area (Å²) in [4.78, 5) is 0. The fraction of sp³-hybridized carbons (Fsp3) is 0.690. The third-order valence-electron chi connectivity index (χ3n) is 12.9. The summed E-state index contributed by atoms with van der Waals surface area (Å²) in [6.45, 7) is 31.0. The molecular formula is C42H66Cl2NPTi-2. The summed E-state index contributed by atoms with van der Waals surface area (Å²) in [5.41, 5.74) is 12.7. The van der Waals surface area contributed by atoms with E-state index in [4.69, 9.17) is 18.6 Å². The van der Waals surface area contributed by atoms with Crippen LogP contribution in [0.25, 0.3) is 16.3 Å². The van der Waals surface area contributed by atoms with E-state index in [1.54, 1.807) is 0 Å². The van der Waals surface area contributed by atoms with Gasteiger partial charge < -0.3 is 12.6 Å². The molecule has 2 aromatic rings. The Morgan fingerprint density at radius 3 is 1.00 bits per heavy atom. The van der Waals surface area contributed by atoms with Crippen LogP contribution in [0.15, 0.2) is 24.3 Å². The van der Waals surface area contributed by atoms with Gasteiger partial charge in [0.1, 0.15) is 0 Å². The molecule has 0 aliphatic heterocycles. The van der Waals surface area contributed by atoms with E-state index >= 15 is 0 Å². The van der Waals surface area contributed by atoms with Crippen molar-refractivity contribution in [1.82, 2.24) is 0 Å². The molecule has 0 saturated heterocycles. The molecule has 4 aliphatic rings. The van der Waals surface area contributed by atoms with Crippen molar-refractivity contribution >= 4 is 25.7 Å². The van der Waals surface area contributed by atoms with E-state index in [1.807, 2.05) is 0 Å². The van der Waals surface area contributed by atoms with Crippen molar-refractivity contribution in [2.75, 3.05) is 0 Å². The van der Waals surface area contributed by atoms with Gasteiger partial charge in [0.15, 0.2) is 0 Å². The summed E-state index contributed by atoms with van der Waals surface area (Å²) < 4.78 is 0. The molecule has 0 spiro atoms. The molecule has 0 aromatic heterocycles. The number of hydrogen-bond donors (Lipinski definition) is 0. The van der Waals surface area contributed by atoms with E-state index in [0.29, 0.717) is 0 Å². The van der Waals surface area contributed by atoms with E-state index < -0.39 is 24.1 Å². The molecule has 0 atom stereocenters.